The molecule has 0 saturated heterocycles. The van der Waals surface area contributed by atoms with Gasteiger partial charge >= 0.3 is 0 Å². The zero-order chi connectivity index (χ0) is 21.7. The molecule has 30 heavy (non-hydrogen) atoms. The maximum Gasteiger partial charge on any atom is 0.291 e. The quantitative estimate of drug-likeness (QED) is 0.783. The number of aromatic nitrogens is 3. The smallest absolute Gasteiger partial charge is 0.291 e. The van der Waals surface area contributed by atoms with Crippen molar-refractivity contribution in [2.24, 2.45) is 0 Å². The number of rotatable bonds is 6. The molecule has 2 aromatic rings. The number of methoxy groups -OCH3 is 1. The number of nitrogens with one attached hydrogen (secondary N) is 1. The molecule has 8 nitrogen and oxygen atoms in total. The van der Waals surface area contributed by atoms with Crippen LogP contribution < -0.4 is 15.0 Å². The van der Waals surface area contributed by atoms with Crippen molar-refractivity contribution in [3.63, 3.8) is 0 Å². The monoisotopic (exact) mass is 408 g/mol. The van der Waals surface area contributed by atoms with Crippen molar-refractivity contribution in [1.82, 2.24) is 20.5 Å². The minimum Gasteiger partial charge on any atom is -0.495 e. The van der Waals surface area contributed by atoms with Gasteiger partial charge in [-0.2, -0.15) is 10.4 Å². The van der Waals surface area contributed by atoms with Crippen LogP contribution in [0.4, 0.5) is 5.69 Å². The van der Waals surface area contributed by atoms with Crippen molar-refractivity contribution in [2.45, 2.75) is 57.5 Å². The predicted molar refractivity (Wildman–Crippen MR) is 114 cm³/mol. The van der Waals surface area contributed by atoms with Gasteiger partial charge in [0.05, 0.1) is 24.6 Å². The van der Waals surface area contributed by atoms with Crippen molar-refractivity contribution in [3.05, 3.63) is 41.5 Å². The molecule has 0 bridgehead atoms. The van der Waals surface area contributed by atoms with Crippen LogP contribution in [0.2, 0.25) is 0 Å². The Morgan fingerprint density at radius 1 is 1.27 bits per heavy atom. The normalized spacial score (nSPS) is 18.5. The molecule has 1 fully saturated rings. The predicted octanol–water partition coefficient (Wildman–Crippen LogP) is 3.05. The summed E-state index contributed by atoms with van der Waals surface area (Å²) in [5, 5.41) is 20.2. The van der Waals surface area contributed by atoms with Gasteiger partial charge in [0, 0.05) is 30.9 Å². The van der Waals surface area contributed by atoms with E-state index in [0.29, 0.717) is 17.4 Å². The Labute approximate surface area is 177 Å². The molecule has 1 aliphatic rings. The second-order valence-corrected chi connectivity index (χ2v) is 7.95. The fourth-order valence-corrected chi connectivity index (χ4v) is 3.71. The summed E-state index contributed by atoms with van der Waals surface area (Å²) in [5.41, 5.74) is 2.32. The first-order valence-electron chi connectivity index (χ1n) is 10.2. The van der Waals surface area contributed by atoms with E-state index in [-0.39, 0.29) is 23.7 Å². The van der Waals surface area contributed by atoms with Gasteiger partial charge in [-0.05, 0) is 43.7 Å². The topological polar surface area (TPSA) is 104 Å². The molecule has 3 rings (SSSR count). The third kappa shape index (κ3) is 4.85. The maximum atomic E-state index is 12.4. The fraction of sp³-hybridized carbons (Fsp3) is 0.500. The van der Waals surface area contributed by atoms with Crippen LogP contribution in [0.3, 0.4) is 0 Å². The van der Waals surface area contributed by atoms with Gasteiger partial charge < -0.3 is 15.0 Å². The van der Waals surface area contributed by atoms with Crippen LogP contribution in [-0.4, -0.2) is 47.3 Å². The molecular weight excluding hydrogens is 380 g/mol. The Morgan fingerprint density at radius 3 is 2.57 bits per heavy atom. The third-order valence-corrected chi connectivity index (χ3v) is 5.67. The molecule has 0 radical (unpaired) electrons. The average Bonchev–Trinajstić information content (AvgIpc) is 2.78. The number of hydrogen-bond acceptors (Lipinski definition) is 7. The van der Waals surface area contributed by atoms with Crippen molar-refractivity contribution in [2.75, 3.05) is 19.1 Å². The Bertz CT molecular complexity index is 914. The second kappa shape index (κ2) is 9.53. The van der Waals surface area contributed by atoms with Crippen molar-refractivity contribution >= 4 is 11.6 Å². The number of ether oxygens (including phenoxy) is 1. The van der Waals surface area contributed by atoms with E-state index >= 15 is 0 Å². The number of hydrogen-bond donors (Lipinski definition) is 1. The first-order chi connectivity index (χ1) is 14.4. The molecule has 1 heterocycles. The maximum absolute atomic E-state index is 12.4. The summed E-state index contributed by atoms with van der Waals surface area (Å²) >= 11 is 0. The molecule has 1 aromatic heterocycles. The Kier molecular flexibility index (Phi) is 6.83. The van der Waals surface area contributed by atoms with Gasteiger partial charge in [0.1, 0.15) is 11.8 Å². The number of carbonyl (C=O) groups is 1. The zero-order valence-corrected chi connectivity index (χ0v) is 17.9. The number of carbonyl (C=O) groups excluding carboxylic acids is 1. The first-order valence-corrected chi connectivity index (χ1v) is 10.2. The molecule has 0 aliphatic heterocycles. The van der Waals surface area contributed by atoms with E-state index in [1.54, 1.807) is 19.4 Å². The van der Waals surface area contributed by atoms with Gasteiger partial charge in [0.25, 0.3) is 5.91 Å². The second-order valence-electron chi connectivity index (χ2n) is 7.95. The highest BCUT2D eigenvalue weighted by atomic mass is 16.5. The SMILES string of the molecule is COc1cc(N(C)C2CCC(NC(=O)c3ncc(C(C)C)nn3)CC2)ccc1C#N. The Morgan fingerprint density at radius 2 is 2.00 bits per heavy atom. The molecular formula is C22H28N6O2. The molecule has 1 aromatic carbocycles. The number of nitriles is 1. The number of nitrogens with zero attached hydrogens (tertiary/aromatic N) is 5. The lowest BCUT2D eigenvalue weighted by Gasteiger charge is -2.36. The van der Waals surface area contributed by atoms with Crippen LogP contribution in [-0.2, 0) is 0 Å². The van der Waals surface area contributed by atoms with Crippen LogP contribution >= 0.6 is 0 Å². The van der Waals surface area contributed by atoms with Crippen molar-refractivity contribution < 1.29 is 9.53 Å². The van der Waals surface area contributed by atoms with E-state index in [4.69, 9.17) is 10.00 Å². The lowest BCUT2D eigenvalue weighted by Crippen LogP contribution is -2.43. The van der Waals surface area contributed by atoms with Crippen LogP contribution in [0.5, 0.6) is 5.75 Å². The van der Waals surface area contributed by atoms with Gasteiger partial charge in [-0.15, -0.1) is 5.10 Å². The summed E-state index contributed by atoms with van der Waals surface area (Å²) in [6.45, 7) is 4.02. The highest BCUT2D eigenvalue weighted by Crippen LogP contribution is 2.30. The lowest BCUT2D eigenvalue weighted by molar-refractivity contribution is 0.0913. The molecule has 0 spiro atoms. The van der Waals surface area contributed by atoms with Gasteiger partial charge in [0.2, 0.25) is 5.82 Å². The Balaban J connectivity index is 1.55. The van der Waals surface area contributed by atoms with Crippen molar-refractivity contribution in [1.29, 1.82) is 5.26 Å². The molecule has 0 unspecified atom stereocenters. The molecule has 1 N–H and O–H groups in total. The van der Waals surface area contributed by atoms with E-state index in [9.17, 15) is 4.79 Å². The first kappa shape index (κ1) is 21.5. The third-order valence-electron chi connectivity index (χ3n) is 5.67. The lowest BCUT2D eigenvalue weighted by atomic mass is 9.90. The van der Waals surface area contributed by atoms with Crippen LogP contribution in [0, 0.1) is 11.3 Å². The molecule has 0 atom stereocenters. The van der Waals surface area contributed by atoms with E-state index in [1.165, 1.54) is 0 Å². The molecule has 1 saturated carbocycles. The summed E-state index contributed by atoms with van der Waals surface area (Å²) < 4.78 is 5.32. The molecule has 1 amide bonds. The Hall–Kier alpha value is -3.21. The molecule has 8 heteroatoms. The van der Waals surface area contributed by atoms with Crippen molar-refractivity contribution in [3.8, 4) is 11.8 Å². The largest absolute Gasteiger partial charge is 0.495 e. The minimum atomic E-state index is -0.272. The van der Waals surface area contributed by atoms with E-state index in [1.807, 2.05) is 26.0 Å². The number of amides is 1. The molecule has 158 valence electrons. The highest BCUT2D eigenvalue weighted by molar-refractivity contribution is 5.90. The van der Waals surface area contributed by atoms with Gasteiger partial charge in [-0.1, -0.05) is 13.8 Å². The summed E-state index contributed by atoms with van der Waals surface area (Å²) in [4.78, 5) is 18.8. The van der Waals surface area contributed by atoms with E-state index < -0.39 is 0 Å². The molecule has 1 aliphatic carbocycles. The van der Waals surface area contributed by atoms with E-state index in [2.05, 4.69) is 38.5 Å². The summed E-state index contributed by atoms with van der Waals surface area (Å²) in [6, 6.07) is 8.23. The minimum absolute atomic E-state index is 0.103. The standard InChI is InChI=1S/C22H28N6O2/c1-14(2)19-13-24-21(27-26-19)22(29)25-16-6-9-17(10-7-16)28(3)18-8-5-15(12-23)20(11-18)30-4/h5,8,11,13-14,16-17H,6-7,9-10H2,1-4H3,(H,25,29). The van der Waals surface area contributed by atoms with Gasteiger partial charge in [-0.3, -0.25) is 4.79 Å². The van der Waals surface area contributed by atoms with Crippen LogP contribution in [0.1, 0.15) is 67.3 Å². The number of benzene rings is 1. The van der Waals surface area contributed by atoms with Gasteiger partial charge in [-0.25, -0.2) is 4.98 Å². The van der Waals surface area contributed by atoms with Gasteiger partial charge in [0.15, 0.2) is 0 Å². The highest BCUT2D eigenvalue weighted by Gasteiger charge is 2.26. The zero-order valence-electron chi connectivity index (χ0n) is 17.9. The van der Waals surface area contributed by atoms with Crippen LogP contribution in [0.15, 0.2) is 24.4 Å². The fourth-order valence-electron chi connectivity index (χ4n) is 3.71. The average molecular weight is 409 g/mol. The number of anilines is 1. The van der Waals surface area contributed by atoms with Crippen LogP contribution in [0.25, 0.3) is 0 Å². The summed E-state index contributed by atoms with van der Waals surface area (Å²) in [7, 11) is 3.63. The summed E-state index contributed by atoms with van der Waals surface area (Å²) in [6.07, 6.45) is 5.28. The summed E-state index contributed by atoms with van der Waals surface area (Å²) in [5.74, 6) is 0.653. The van der Waals surface area contributed by atoms with E-state index in [0.717, 1.165) is 37.1 Å².